The quantitative estimate of drug-likeness (QED) is 0.686. The SMILES string of the molecule is CNc1c(F)cc2c(=O)n(-c3ccc(N)cc3)ccc2c1Br. The summed E-state index contributed by atoms with van der Waals surface area (Å²) in [5.41, 5.74) is 6.99. The number of hydrogen-bond acceptors (Lipinski definition) is 3. The topological polar surface area (TPSA) is 60.0 Å². The van der Waals surface area contributed by atoms with Crippen LogP contribution in [0.4, 0.5) is 15.8 Å². The van der Waals surface area contributed by atoms with E-state index in [0.717, 1.165) is 0 Å². The van der Waals surface area contributed by atoms with Gasteiger partial charge in [-0.15, -0.1) is 0 Å². The van der Waals surface area contributed by atoms with E-state index in [4.69, 9.17) is 5.73 Å². The maximum absolute atomic E-state index is 14.1. The first-order valence-electron chi connectivity index (χ1n) is 6.60. The minimum absolute atomic E-state index is 0.287. The summed E-state index contributed by atoms with van der Waals surface area (Å²) in [6.07, 6.45) is 1.66. The first-order chi connectivity index (χ1) is 10.5. The lowest BCUT2D eigenvalue weighted by molar-refractivity contribution is 0.632. The van der Waals surface area contributed by atoms with Gasteiger partial charge >= 0.3 is 0 Å². The first-order valence-corrected chi connectivity index (χ1v) is 7.39. The van der Waals surface area contributed by atoms with E-state index < -0.39 is 5.82 Å². The van der Waals surface area contributed by atoms with Crippen LogP contribution >= 0.6 is 15.9 Å². The average Bonchev–Trinajstić information content (AvgIpc) is 2.50. The normalized spacial score (nSPS) is 10.9. The van der Waals surface area contributed by atoms with Crippen molar-refractivity contribution in [2.24, 2.45) is 0 Å². The highest BCUT2D eigenvalue weighted by Crippen LogP contribution is 2.32. The maximum Gasteiger partial charge on any atom is 0.263 e. The number of nitrogens with one attached hydrogen (secondary N) is 1. The standard InChI is InChI=1S/C16H13BrFN3O/c1-20-15-13(18)8-12-11(14(15)17)6-7-21(16(12)22)10-4-2-9(19)3-5-10/h2-8,20H,19H2,1H3. The Kier molecular flexibility index (Phi) is 3.62. The zero-order valence-electron chi connectivity index (χ0n) is 11.7. The number of hydrogen-bond donors (Lipinski definition) is 2. The Balaban J connectivity index is 2.31. The van der Waals surface area contributed by atoms with Gasteiger partial charge in [-0.2, -0.15) is 0 Å². The molecule has 0 spiro atoms. The molecule has 0 bridgehead atoms. The van der Waals surface area contributed by atoms with Crippen molar-refractivity contribution in [1.82, 2.24) is 4.57 Å². The van der Waals surface area contributed by atoms with E-state index in [-0.39, 0.29) is 5.56 Å². The molecule has 1 aromatic heterocycles. The molecule has 112 valence electrons. The van der Waals surface area contributed by atoms with Crippen LogP contribution in [0.25, 0.3) is 16.5 Å². The maximum atomic E-state index is 14.1. The second-order valence-electron chi connectivity index (χ2n) is 4.84. The van der Waals surface area contributed by atoms with Gasteiger partial charge in [-0.3, -0.25) is 9.36 Å². The molecule has 4 nitrogen and oxygen atoms in total. The fraction of sp³-hybridized carbons (Fsp3) is 0.0625. The molecule has 6 heteroatoms. The summed E-state index contributed by atoms with van der Waals surface area (Å²) < 4.78 is 16.1. The summed E-state index contributed by atoms with van der Waals surface area (Å²) in [5.74, 6) is -0.478. The number of benzene rings is 2. The Morgan fingerprint density at radius 2 is 1.86 bits per heavy atom. The van der Waals surface area contributed by atoms with E-state index in [2.05, 4.69) is 21.2 Å². The molecule has 2 aromatic carbocycles. The van der Waals surface area contributed by atoms with Gasteiger partial charge in [0, 0.05) is 30.0 Å². The number of nitrogen functional groups attached to an aromatic ring is 1. The van der Waals surface area contributed by atoms with E-state index in [1.54, 1.807) is 43.6 Å². The number of nitrogens with zero attached hydrogens (tertiary/aromatic N) is 1. The van der Waals surface area contributed by atoms with Crippen LogP contribution in [0.15, 0.2) is 51.9 Å². The van der Waals surface area contributed by atoms with Gasteiger partial charge in [0.25, 0.3) is 5.56 Å². The molecule has 3 aromatic rings. The summed E-state index contributed by atoms with van der Waals surface area (Å²) in [6.45, 7) is 0. The lowest BCUT2D eigenvalue weighted by Crippen LogP contribution is -2.18. The molecule has 0 aliphatic carbocycles. The molecule has 0 fully saturated rings. The zero-order valence-corrected chi connectivity index (χ0v) is 13.3. The van der Waals surface area contributed by atoms with Crippen LogP contribution in [0.5, 0.6) is 0 Å². The minimum Gasteiger partial charge on any atom is -0.399 e. The van der Waals surface area contributed by atoms with E-state index in [9.17, 15) is 9.18 Å². The Morgan fingerprint density at radius 3 is 2.50 bits per heavy atom. The fourth-order valence-electron chi connectivity index (χ4n) is 2.39. The van der Waals surface area contributed by atoms with Crippen LogP contribution in [0.1, 0.15) is 0 Å². The number of pyridine rings is 1. The molecule has 0 aliphatic rings. The third-order valence-electron chi connectivity index (χ3n) is 3.52. The number of fused-ring (bicyclic) bond motifs is 1. The van der Waals surface area contributed by atoms with Crippen molar-refractivity contribution in [3.8, 4) is 5.69 Å². The van der Waals surface area contributed by atoms with Crippen molar-refractivity contribution in [3.63, 3.8) is 0 Å². The van der Waals surface area contributed by atoms with Crippen LogP contribution in [0.3, 0.4) is 0 Å². The highest BCUT2D eigenvalue weighted by atomic mass is 79.9. The summed E-state index contributed by atoms with van der Waals surface area (Å²) in [4.78, 5) is 12.6. The Labute approximate surface area is 134 Å². The van der Waals surface area contributed by atoms with Crippen molar-refractivity contribution in [2.75, 3.05) is 18.1 Å². The molecular formula is C16H13BrFN3O. The van der Waals surface area contributed by atoms with Gasteiger partial charge in [0.15, 0.2) is 0 Å². The van der Waals surface area contributed by atoms with Gasteiger partial charge < -0.3 is 11.1 Å². The minimum atomic E-state index is -0.478. The molecule has 0 amide bonds. The van der Waals surface area contributed by atoms with Gasteiger partial charge in [-0.1, -0.05) is 0 Å². The van der Waals surface area contributed by atoms with Crippen LogP contribution in [-0.4, -0.2) is 11.6 Å². The lowest BCUT2D eigenvalue weighted by atomic mass is 10.1. The second kappa shape index (κ2) is 5.46. The lowest BCUT2D eigenvalue weighted by Gasteiger charge is -2.11. The summed E-state index contributed by atoms with van der Waals surface area (Å²) in [5, 5.41) is 3.75. The third kappa shape index (κ3) is 2.25. The molecule has 0 radical (unpaired) electrons. The molecule has 1 heterocycles. The van der Waals surface area contributed by atoms with Crippen molar-refractivity contribution < 1.29 is 4.39 Å². The van der Waals surface area contributed by atoms with E-state index >= 15 is 0 Å². The second-order valence-corrected chi connectivity index (χ2v) is 5.63. The molecule has 0 saturated carbocycles. The molecule has 0 unspecified atom stereocenters. The van der Waals surface area contributed by atoms with Crippen molar-refractivity contribution in [2.45, 2.75) is 0 Å². The molecule has 0 aliphatic heterocycles. The van der Waals surface area contributed by atoms with Crippen molar-refractivity contribution in [3.05, 3.63) is 63.2 Å². The van der Waals surface area contributed by atoms with Gasteiger partial charge in [-0.25, -0.2) is 4.39 Å². The number of aromatic nitrogens is 1. The van der Waals surface area contributed by atoms with E-state index in [0.29, 0.717) is 32.3 Å². The van der Waals surface area contributed by atoms with Crippen LogP contribution in [-0.2, 0) is 0 Å². The number of halogens is 2. The summed E-state index contributed by atoms with van der Waals surface area (Å²) >= 11 is 3.35. The molecule has 0 atom stereocenters. The Hall–Kier alpha value is -2.34. The molecule has 3 N–H and O–H groups in total. The third-order valence-corrected chi connectivity index (χ3v) is 4.34. The van der Waals surface area contributed by atoms with Crippen LogP contribution < -0.4 is 16.6 Å². The fourth-order valence-corrected chi connectivity index (χ4v) is 3.12. The van der Waals surface area contributed by atoms with Crippen molar-refractivity contribution >= 4 is 38.1 Å². The van der Waals surface area contributed by atoms with Crippen LogP contribution in [0.2, 0.25) is 0 Å². The number of anilines is 2. The highest BCUT2D eigenvalue weighted by molar-refractivity contribution is 9.10. The monoisotopic (exact) mass is 361 g/mol. The molecule has 3 rings (SSSR count). The van der Waals surface area contributed by atoms with Gasteiger partial charge in [0.2, 0.25) is 0 Å². The highest BCUT2D eigenvalue weighted by Gasteiger charge is 2.14. The van der Waals surface area contributed by atoms with Gasteiger partial charge in [-0.05, 0) is 52.3 Å². The molecule has 22 heavy (non-hydrogen) atoms. The predicted octanol–water partition coefficient (Wildman–Crippen LogP) is 3.52. The molecule has 0 saturated heterocycles. The van der Waals surface area contributed by atoms with E-state index in [1.807, 2.05) is 0 Å². The Morgan fingerprint density at radius 1 is 1.18 bits per heavy atom. The number of rotatable bonds is 2. The van der Waals surface area contributed by atoms with Gasteiger partial charge in [0.05, 0.1) is 15.5 Å². The number of nitrogens with two attached hydrogens (primary N) is 1. The molecular weight excluding hydrogens is 349 g/mol. The first kappa shape index (κ1) is 14.6. The van der Waals surface area contributed by atoms with Gasteiger partial charge in [0.1, 0.15) is 5.82 Å². The zero-order chi connectivity index (χ0) is 15.9. The average molecular weight is 362 g/mol. The Bertz CT molecular complexity index is 919. The summed E-state index contributed by atoms with van der Waals surface area (Å²) in [7, 11) is 1.63. The van der Waals surface area contributed by atoms with Crippen molar-refractivity contribution in [1.29, 1.82) is 0 Å². The van der Waals surface area contributed by atoms with Crippen LogP contribution in [0, 0.1) is 5.82 Å². The predicted molar refractivity (Wildman–Crippen MR) is 91.2 cm³/mol. The van der Waals surface area contributed by atoms with E-state index in [1.165, 1.54) is 10.6 Å². The smallest absolute Gasteiger partial charge is 0.263 e. The summed E-state index contributed by atoms with van der Waals surface area (Å²) in [6, 6.07) is 9.95. The largest absolute Gasteiger partial charge is 0.399 e.